The van der Waals surface area contributed by atoms with Crippen molar-refractivity contribution in [2.45, 2.75) is 31.0 Å². The van der Waals surface area contributed by atoms with Crippen molar-refractivity contribution in [2.75, 3.05) is 33.3 Å². The number of hydrogen-bond donors (Lipinski definition) is 0. The molecule has 2 aromatic rings. The fourth-order valence-electron chi connectivity index (χ4n) is 4.34. The summed E-state index contributed by atoms with van der Waals surface area (Å²) in [4.78, 5) is 4.99. The van der Waals surface area contributed by atoms with Gasteiger partial charge in [-0.15, -0.1) is 0 Å². The molecule has 144 valence electrons. The Bertz CT molecular complexity index is 690. The molecule has 0 saturated carbocycles. The molecule has 0 unspecified atom stereocenters. The zero-order valence-electron chi connectivity index (χ0n) is 15.7. The standard InChI is InChI=1S/C22H26F2N2O/c1-25-20-10-11-21(25)15-26(14-20)12-13-27-22(16-2-6-18(23)7-3-16)17-4-8-19(24)9-5-17/h2-9,20-22H,10-15H2,1H3/t20-,21+. The topological polar surface area (TPSA) is 15.7 Å². The van der Waals surface area contributed by atoms with E-state index in [4.69, 9.17) is 4.74 Å². The number of likely N-dealkylation sites (tertiary alicyclic amines) is 1. The maximum Gasteiger partial charge on any atom is 0.123 e. The summed E-state index contributed by atoms with van der Waals surface area (Å²) in [5.41, 5.74) is 1.75. The van der Waals surface area contributed by atoms with Gasteiger partial charge in [0, 0.05) is 31.7 Å². The summed E-state index contributed by atoms with van der Waals surface area (Å²) in [6, 6.07) is 14.0. The van der Waals surface area contributed by atoms with Crippen molar-refractivity contribution in [2.24, 2.45) is 0 Å². The van der Waals surface area contributed by atoms with E-state index in [1.54, 1.807) is 24.3 Å². The molecule has 0 spiro atoms. The van der Waals surface area contributed by atoms with Gasteiger partial charge in [0.25, 0.3) is 0 Å². The summed E-state index contributed by atoms with van der Waals surface area (Å²) in [6.07, 6.45) is 2.24. The lowest BCUT2D eigenvalue weighted by molar-refractivity contribution is 0.0317. The largest absolute Gasteiger partial charge is 0.367 e. The third kappa shape index (κ3) is 4.21. The van der Waals surface area contributed by atoms with Gasteiger partial charge < -0.3 is 4.74 Å². The molecule has 2 aromatic carbocycles. The molecule has 0 amide bonds. The van der Waals surface area contributed by atoms with Crippen LogP contribution in [0.4, 0.5) is 8.78 Å². The molecule has 3 nitrogen and oxygen atoms in total. The van der Waals surface area contributed by atoms with Gasteiger partial charge in [-0.2, -0.15) is 0 Å². The van der Waals surface area contributed by atoms with E-state index in [2.05, 4.69) is 16.8 Å². The summed E-state index contributed by atoms with van der Waals surface area (Å²) < 4.78 is 32.8. The maximum atomic E-state index is 13.3. The van der Waals surface area contributed by atoms with Gasteiger partial charge in [-0.1, -0.05) is 24.3 Å². The fraction of sp³-hybridized carbons (Fsp3) is 0.455. The molecule has 4 rings (SSSR count). The first-order chi connectivity index (χ1) is 13.1. The van der Waals surface area contributed by atoms with E-state index in [0.717, 1.165) is 30.8 Å². The Kier molecular flexibility index (Phi) is 5.53. The second-order valence-electron chi connectivity index (χ2n) is 7.66. The van der Waals surface area contributed by atoms with E-state index in [-0.39, 0.29) is 17.7 Å². The Hall–Kier alpha value is -1.82. The summed E-state index contributed by atoms with van der Waals surface area (Å²) in [6.45, 7) is 3.64. The molecule has 2 saturated heterocycles. The minimum absolute atomic E-state index is 0.274. The number of hydrogen-bond acceptors (Lipinski definition) is 3. The summed E-state index contributed by atoms with van der Waals surface area (Å²) >= 11 is 0. The minimum Gasteiger partial charge on any atom is -0.367 e. The van der Waals surface area contributed by atoms with Crippen LogP contribution in [0.25, 0.3) is 0 Å². The van der Waals surface area contributed by atoms with Crippen LogP contribution in [-0.4, -0.2) is 55.2 Å². The van der Waals surface area contributed by atoms with Crippen LogP contribution < -0.4 is 0 Å². The number of rotatable bonds is 6. The van der Waals surface area contributed by atoms with Gasteiger partial charge in [-0.05, 0) is 55.3 Å². The molecular formula is C22H26F2N2O. The summed E-state index contributed by atoms with van der Waals surface area (Å²) in [5, 5.41) is 0. The van der Waals surface area contributed by atoms with E-state index < -0.39 is 0 Å². The lowest BCUT2D eigenvalue weighted by atomic mass is 10.0. The van der Waals surface area contributed by atoms with E-state index in [0.29, 0.717) is 18.7 Å². The smallest absolute Gasteiger partial charge is 0.123 e. The first-order valence-corrected chi connectivity index (χ1v) is 9.67. The number of benzene rings is 2. The van der Waals surface area contributed by atoms with Crippen molar-refractivity contribution >= 4 is 0 Å². The molecule has 0 radical (unpaired) electrons. The summed E-state index contributed by atoms with van der Waals surface area (Å²) in [5.74, 6) is -0.547. The number of nitrogens with zero attached hydrogens (tertiary/aromatic N) is 2. The van der Waals surface area contributed by atoms with Gasteiger partial charge in [-0.3, -0.25) is 9.80 Å². The zero-order valence-corrected chi connectivity index (χ0v) is 15.7. The molecule has 27 heavy (non-hydrogen) atoms. The molecule has 0 aliphatic carbocycles. The summed E-state index contributed by atoms with van der Waals surface area (Å²) in [7, 11) is 2.23. The Morgan fingerprint density at radius 3 is 1.85 bits per heavy atom. The molecule has 2 bridgehead atoms. The van der Waals surface area contributed by atoms with Crippen molar-refractivity contribution in [3.63, 3.8) is 0 Å². The molecule has 5 heteroatoms. The predicted octanol–water partition coefficient (Wildman–Crippen LogP) is 3.85. The van der Waals surface area contributed by atoms with Gasteiger partial charge in [0.2, 0.25) is 0 Å². The van der Waals surface area contributed by atoms with Gasteiger partial charge in [0.15, 0.2) is 0 Å². The Labute approximate surface area is 159 Å². The number of ether oxygens (including phenoxy) is 1. The van der Waals surface area contributed by atoms with E-state index in [9.17, 15) is 8.78 Å². The van der Waals surface area contributed by atoms with E-state index in [1.807, 2.05) is 0 Å². The van der Waals surface area contributed by atoms with Crippen LogP contribution in [0.15, 0.2) is 48.5 Å². The lowest BCUT2D eigenvalue weighted by Gasteiger charge is -2.39. The van der Waals surface area contributed by atoms with Crippen LogP contribution in [0, 0.1) is 11.6 Å². The van der Waals surface area contributed by atoms with Crippen LogP contribution in [0.5, 0.6) is 0 Å². The second kappa shape index (κ2) is 8.05. The van der Waals surface area contributed by atoms with Crippen molar-refractivity contribution in [3.05, 3.63) is 71.3 Å². The van der Waals surface area contributed by atoms with Crippen LogP contribution in [-0.2, 0) is 4.74 Å². The maximum absolute atomic E-state index is 13.3. The zero-order chi connectivity index (χ0) is 18.8. The highest BCUT2D eigenvalue weighted by Gasteiger charge is 2.37. The van der Waals surface area contributed by atoms with Crippen molar-refractivity contribution in [1.29, 1.82) is 0 Å². The molecule has 0 aromatic heterocycles. The monoisotopic (exact) mass is 372 g/mol. The fourth-order valence-corrected chi connectivity index (χ4v) is 4.34. The first-order valence-electron chi connectivity index (χ1n) is 9.67. The number of piperazine rings is 1. The Balaban J connectivity index is 1.42. The molecule has 2 heterocycles. The highest BCUT2D eigenvalue weighted by Crippen LogP contribution is 2.29. The Morgan fingerprint density at radius 2 is 1.37 bits per heavy atom. The van der Waals surface area contributed by atoms with Crippen molar-refractivity contribution in [1.82, 2.24) is 9.80 Å². The van der Waals surface area contributed by atoms with Crippen LogP contribution >= 0.6 is 0 Å². The Morgan fingerprint density at radius 1 is 0.889 bits per heavy atom. The van der Waals surface area contributed by atoms with E-state index >= 15 is 0 Å². The highest BCUT2D eigenvalue weighted by molar-refractivity contribution is 5.30. The third-order valence-electron chi connectivity index (χ3n) is 5.96. The van der Waals surface area contributed by atoms with Gasteiger partial charge in [0.1, 0.15) is 17.7 Å². The molecular weight excluding hydrogens is 346 g/mol. The SMILES string of the molecule is CN1[C@@H]2CC[C@H]1CN(CCOC(c1ccc(F)cc1)c1ccc(F)cc1)C2. The van der Waals surface area contributed by atoms with Crippen LogP contribution in [0.1, 0.15) is 30.1 Å². The average Bonchev–Trinajstić information content (AvgIpc) is 2.88. The van der Waals surface area contributed by atoms with Gasteiger partial charge in [-0.25, -0.2) is 8.78 Å². The van der Waals surface area contributed by atoms with Gasteiger partial charge in [0.05, 0.1) is 6.61 Å². The van der Waals surface area contributed by atoms with Crippen LogP contribution in [0.3, 0.4) is 0 Å². The van der Waals surface area contributed by atoms with Crippen molar-refractivity contribution < 1.29 is 13.5 Å². The molecule has 2 aliphatic rings. The minimum atomic E-state index is -0.324. The third-order valence-corrected chi connectivity index (χ3v) is 5.96. The number of likely N-dealkylation sites (N-methyl/N-ethyl adjacent to an activating group) is 1. The average molecular weight is 372 g/mol. The molecule has 2 aliphatic heterocycles. The van der Waals surface area contributed by atoms with Gasteiger partial charge >= 0.3 is 0 Å². The molecule has 0 N–H and O–H groups in total. The highest BCUT2D eigenvalue weighted by atomic mass is 19.1. The predicted molar refractivity (Wildman–Crippen MR) is 102 cm³/mol. The first kappa shape index (κ1) is 18.5. The normalized spacial score (nSPS) is 23.3. The van der Waals surface area contributed by atoms with E-state index in [1.165, 1.54) is 37.1 Å². The number of halogens is 2. The molecule has 2 fully saturated rings. The quantitative estimate of drug-likeness (QED) is 0.766. The lowest BCUT2D eigenvalue weighted by Crippen LogP contribution is -2.52. The van der Waals surface area contributed by atoms with Crippen molar-refractivity contribution in [3.8, 4) is 0 Å². The number of fused-ring (bicyclic) bond motifs is 2. The van der Waals surface area contributed by atoms with Crippen LogP contribution in [0.2, 0.25) is 0 Å². The second-order valence-corrected chi connectivity index (χ2v) is 7.66. The molecule has 2 atom stereocenters.